The monoisotopic (exact) mass is 262 g/mol. The molecule has 1 N–H and O–H groups in total. The Morgan fingerprint density at radius 1 is 1.25 bits per heavy atom. The average molecular weight is 262 g/mol. The molecule has 0 fully saturated rings. The fourth-order valence-corrected chi connectivity index (χ4v) is 1.99. The van der Waals surface area contributed by atoms with Crippen molar-refractivity contribution in [1.29, 1.82) is 5.26 Å². The van der Waals surface area contributed by atoms with Gasteiger partial charge in [-0.15, -0.1) is 0 Å². The van der Waals surface area contributed by atoms with Crippen molar-refractivity contribution in [2.24, 2.45) is 0 Å². The van der Waals surface area contributed by atoms with Crippen LogP contribution in [-0.2, 0) is 0 Å². The highest BCUT2D eigenvalue weighted by atomic mass is 16.1. The molecule has 1 aromatic carbocycles. The minimum absolute atomic E-state index is 0.253. The van der Waals surface area contributed by atoms with E-state index in [0.717, 1.165) is 0 Å². The van der Waals surface area contributed by atoms with Gasteiger partial charge in [-0.25, -0.2) is 4.98 Å². The van der Waals surface area contributed by atoms with Crippen LogP contribution in [0.1, 0.15) is 15.9 Å². The second-order valence-corrected chi connectivity index (χ2v) is 4.23. The topological polar surface area (TPSA) is 70.2 Å². The van der Waals surface area contributed by atoms with E-state index in [2.05, 4.69) is 10.3 Å². The molecule has 0 saturated heterocycles. The van der Waals surface area contributed by atoms with Gasteiger partial charge in [-0.05, 0) is 30.3 Å². The van der Waals surface area contributed by atoms with Crippen LogP contribution in [0.15, 0.2) is 55.0 Å². The van der Waals surface area contributed by atoms with Gasteiger partial charge in [0.2, 0.25) is 0 Å². The number of fused-ring (bicyclic) bond motifs is 1. The van der Waals surface area contributed by atoms with Crippen molar-refractivity contribution in [3.8, 4) is 6.07 Å². The molecule has 5 heteroatoms. The van der Waals surface area contributed by atoms with E-state index >= 15 is 0 Å². The zero-order chi connectivity index (χ0) is 13.9. The highest BCUT2D eigenvalue weighted by Gasteiger charge is 2.11. The molecule has 0 aliphatic carbocycles. The smallest absolute Gasteiger partial charge is 0.259 e. The normalized spacial score (nSPS) is 10.2. The maximum absolute atomic E-state index is 12.3. The number of nitrogens with zero attached hydrogens (tertiary/aromatic N) is 3. The molecule has 0 aliphatic rings. The van der Waals surface area contributed by atoms with E-state index in [4.69, 9.17) is 5.26 Å². The van der Waals surface area contributed by atoms with Gasteiger partial charge in [-0.2, -0.15) is 5.26 Å². The van der Waals surface area contributed by atoms with Gasteiger partial charge in [-0.1, -0.05) is 6.07 Å². The van der Waals surface area contributed by atoms with Crippen molar-refractivity contribution in [2.45, 2.75) is 0 Å². The highest BCUT2D eigenvalue weighted by molar-refractivity contribution is 6.08. The number of rotatable bonds is 2. The molecule has 0 unspecified atom stereocenters. The van der Waals surface area contributed by atoms with Crippen LogP contribution in [0.4, 0.5) is 5.69 Å². The van der Waals surface area contributed by atoms with Crippen molar-refractivity contribution in [1.82, 2.24) is 9.38 Å². The van der Waals surface area contributed by atoms with Crippen LogP contribution in [0.3, 0.4) is 0 Å². The molecule has 0 bridgehead atoms. The predicted octanol–water partition coefficient (Wildman–Crippen LogP) is 2.46. The Hall–Kier alpha value is -3.13. The summed E-state index contributed by atoms with van der Waals surface area (Å²) >= 11 is 0. The van der Waals surface area contributed by atoms with Crippen LogP contribution in [0.25, 0.3) is 5.65 Å². The first-order valence-electron chi connectivity index (χ1n) is 6.01. The lowest BCUT2D eigenvalue weighted by molar-refractivity contribution is 0.102. The number of carbonyl (C=O) groups excluding carboxylic acids is 1. The SMILES string of the molecule is N#Cc1cccc(NC(=O)c2cccn3ccnc23)c1. The Bertz CT molecular complexity index is 829. The number of pyridine rings is 1. The van der Waals surface area contributed by atoms with Crippen molar-refractivity contribution in [3.05, 3.63) is 66.1 Å². The highest BCUT2D eigenvalue weighted by Crippen LogP contribution is 2.14. The molecule has 0 aliphatic heterocycles. The molecular weight excluding hydrogens is 252 g/mol. The van der Waals surface area contributed by atoms with Crippen molar-refractivity contribution >= 4 is 17.2 Å². The summed E-state index contributed by atoms with van der Waals surface area (Å²) in [5.41, 5.74) is 2.17. The maximum Gasteiger partial charge on any atom is 0.259 e. The van der Waals surface area contributed by atoms with Gasteiger partial charge in [0, 0.05) is 24.3 Å². The van der Waals surface area contributed by atoms with Gasteiger partial charge >= 0.3 is 0 Å². The maximum atomic E-state index is 12.3. The third-order valence-corrected chi connectivity index (χ3v) is 2.91. The summed E-state index contributed by atoms with van der Waals surface area (Å²) in [5.74, 6) is -0.253. The molecule has 96 valence electrons. The quantitative estimate of drug-likeness (QED) is 0.771. The van der Waals surface area contributed by atoms with Gasteiger partial charge in [0.15, 0.2) is 0 Å². The number of hydrogen-bond donors (Lipinski definition) is 1. The Morgan fingerprint density at radius 3 is 3.00 bits per heavy atom. The summed E-state index contributed by atoms with van der Waals surface area (Å²) in [4.78, 5) is 16.4. The Balaban J connectivity index is 1.93. The standard InChI is InChI=1S/C15H10N4O/c16-10-11-3-1-4-12(9-11)18-15(20)13-5-2-7-19-8-6-17-14(13)19/h1-9H,(H,18,20). The third kappa shape index (κ3) is 2.10. The van der Waals surface area contributed by atoms with Gasteiger partial charge < -0.3 is 9.72 Å². The molecule has 0 radical (unpaired) electrons. The van der Waals surface area contributed by atoms with Gasteiger partial charge in [0.05, 0.1) is 17.2 Å². The van der Waals surface area contributed by atoms with Crippen LogP contribution in [0, 0.1) is 11.3 Å². The first-order chi connectivity index (χ1) is 9.78. The average Bonchev–Trinajstić information content (AvgIpc) is 2.95. The molecule has 0 spiro atoms. The Kier molecular flexibility index (Phi) is 2.90. The summed E-state index contributed by atoms with van der Waals surface area (Å²) in [6, 6.07) is 12.3. The summed E-state index contributed by atoms with van der Waals surface area (Å²) in [7, 11) is 0. The van der Waals surface area contributed by atoms with E-state index < -0.39 is 0 Å². The van der Waals surface area contributed by atoms with Crippen molar-refractivity contribution < 1.29 is 4.79 Å². The largest absolute Gasteiger partial charge is 0.322 e. The molecule has 3 rings (SSSR count). The number of aromatic nitrogens is 2. The van der Waals surface area contributed by atoms with Gasteiger partial charge in [0.25, 0.3) is 5.91 Å². The molecule has 0 atom stereocenters. The van der Waals surface area contributed by atoms with Crippen LogP contribution in [0.5, 0.6) is 0 Å². The minimum atomic E-state index is -0.253. The fourth-order valence-electron chi connectivity index (χ4n) is 1.99. The zero-order valence-corrected chi connectivity index (χ0v) is 10.4. The summed E-state index contributed by atoms with van der Waals surface area (Å²) in [6.45, 7) is 0. The molecule has 5 nitrogen and oxygen atoms in total. The molecular formula is C15H10N4O. The third-order valence-electron chi connectivity index (χ3n) is 2.91. The van der Waals surface area contributed by atoms with E-state index in [1.807, 2.05) is 12.3 Å². The van der Waals surface area contributed by atoms with Crippen LogP contribution >= 0.6 is 0 Å². The van der Waals surface area contributed by atoms with Crippen LogP contribution < -0.4 is 5.32 Å². The number of nitriles is 1. The number of hydrogen-bond acceptors (Lipinski definition) is 3. The molecule has 3 aromatic rings. The summed E-state index contributed by atoms with van der Waals surface area (Å²) in [6.07, 6.45) is 5.25. The summed E-state index contributed by atoms with van der Waals surface area (Å²) < 4.78 is 1.78. The predicted molar refractivity (Wildman–Crippen MR) is 74.3 cm³/mol. The van der Waals surface area contributed by atoms with Crippen molar-refractivity contribution in [2.75, 3.05) is 5.32 Å². The number of nitrogens with one attached hydrogen (secondary N) is 1. The van der Waals surface area contributed by atoms with Crippen LogP contribution in [-0.4, -0.2) is 15.3 Å². The molecule has 20 heavy (non-hydrogen) atoms. The van der Waals surface area contributed by atoms with E-state index in [0.29, 0.717) is 22.5 Å². The van der Waals surface area contributed by atoms with E-state index in [-0.39, 0.29) is 5.91 Å². The minimum Gasteiger partial charge on any atom is -0.322 e. The lowest BCUT2D eigenvalue weighted by atomic mass is 10.2. The second kappa shape index (κ2) is 4.86. The second-order valence-electron chi connectivity index (χ2n) is 4.23. The zero-order valence-electron chi connectivity index (χ0n) is 10.4. The Morgan fingerprint density at radius 2 is 2.15 bits per heavy atom. The van der Waals surface area contributed by atoms with E-state index in [1.54, 1.807) is 53.2 Å². The number of imidazole rings is 1. The number of benzene rings is 1. The number of amides is 1. The van der Waals surface area contributed by atoms with Crippen LogP contribution in [0.2, 0.25) is 0 Å². The van der Waals surface area contributed by atoms with Gasteiger partial charge in [-0.3, -0.25) is 4.79 Å². The van der Waals surface area contributed by atoms with Gasteiger partial charge in [0.1, 0.15) is 5.65 Å². The lowest BCUT2D eigenvalue weighted by Crippen LogP contribution is -2.13. The lowest BCUT2D eigenvalue weighted by Gasteiger charge is -2.06. The number of anilines is 1. The fraction of sp³-hybridized carbons (Fsp3) is 0. The first kappa shape index (κ1) is 11.9. The first-order valence-corrected chi connectivity index (χ1v) is 6.01. The Labute approximate surface area is 115 Å². The van der Waals surface area contributed by atoms with Crippen molar-refractivity contribution in [3.63, 3.8) is 0 Å². The molecule has 1 amide bonds. The molecule has 0 saturated carbocycles. The van der Waals surface area contributed by atoms with E-state index in [1.165, 1.54) is 0 Å². The number of carbonyl (C=O) groups is 1. The molecule has 2 aromatic heterocycles. The summed E-state index contributed by atoms with van der Waals surface area (Å²) in [5, 5.41) is 11.6. The molecule has 2 heterocycles. The van der Waals surface area contributed by atoms with E-state index in [9.17, 15) is 4.79 Å².